The molecule has 1 saturated carbocycles. The van der Waals surface area contributed by atoms with E-state index in [1.54, 1.807) is 19.1 Å². The van der Waals surface area contributed by atoms with Crippen LogP contribution in [-0.2, 0) is 9.53 Å². The summed E-state index contributed by atoms with van der Waals surface area (Å²) in [5.41, 5.74) is 5.07. The predicted molar refractivity (Wildman–Crippen MR) is 62.6 cm³/mol. The number of methoxy groups -OCH3 is 1. The van der Waals surface area contributed by atoms with Crippen LogP contribution in [0.5, 0.6) is 0 Å². The minimum Gasteiger partial charge on any atom is -0.392 e. The summed E-state index contributed by atoms with van der Waals surface area (Å²) in [4.78, 5) is 14.0. The van der Waals surface area contributed by atoms with Gasteiger partial charge < -0.3 is 15.4 Å². The second kappa shape index (κ2) is 4.90. The lowest BCUT2D eigenvalue weighted by Crippen LogP contribution is -2.41. The number of rotatable bonds is 6. The molecule has 5 heteroatoms. The Labute approximate surface area is 95.8 Å². The van der Waals surface area contributed by atoms with Crippen LogP contribution in [0.25, 0.3) is 0 Å². The molecular formula is C10H18N2O2S. The monoisotopic (exact) mass is 230 g/mol. The number of carbonyl (C=O) groups is 1. The summed E-state index contributed by atoms with van der Waals surface area (Å²) < 4.78 is 4.93. The van der Waals surface area contributed by atoms with Crippen molar-refractivity contribution in [1.82, 2.24) is 4.90 Å². The number of nitrogens with two attached hydrogens (primary N) is 1. The van der Waals surface area contributed by atoms with Gasteiger partial charge in [-0.25, -0.2) is 0 Å². The van der Waals surface area contributed by atoms with Crippen molar-refractivity contribution in [3.8, 4) is 0 Å². The van der Waals surface area contributed by atoms with Crippen LogP contribution in [0.3, 0.4) is 0 Å². The van der Waals surface area contributed by atoms with E-state index in [9.17, 15) is 4.79 Å². The summed E-state index contributed by atoms with van der Waals surface area (Å²) in [6.07, 6.45) is 2.44. The third kappa shape index (κ3) is 2.66. The van der Waals surface area contributed by atoms with Gasteiger partial charge in [0.15, 0.2) is 0 Å². The maximum Gasteiger partial charge on any atom is 0.235 e. The van der Waals surface area contributed by atoms with E-state index in [1.165, 1.54) is 0 Å². The molecule has 0 unspecified atom stereocenters. The zero-order valence-electron chi connectivity index (χ0n) is 9.28. The molecule has 0 aromatic heterocycles. The summed E-state index contributed by atoms with van der Waals surface area (Å²) >= 11 is 4.93. The lowest BCUT2D eigenvalue weighted by atomic mass is 10.1. The molecule has 0 bridgehead atoms. The summed E-state index contributed by atoms with van der Waals surface area (Å²) in [5.74, 6) is 0.0612. The molecule has 1 amide bonds. The van der Waals surface area contributed by atoms with Gasteiger partial charge in [-0.1, -0.05) is 12.2 Å². The van der Waals surface area contributed by atoms with Crippen molar-refractivity contribution >= 4 is 23.1 Å². The van der Waals surface area contributed by atoms with Crippen LogP contribution in [0.2, 0.25) is 0 Å². The van der Waals surface area contributed by atoms with E-state index in [0.717, 1.165) is 19.3 Å². The molecule has 1 aliphatic carbocycles. The zero-order chi connectivity index (χ0) is 11.5. The molecule has 1 rings (SSSR count). The number of thiocarbonyl (C=S) groups is 1. The van der Waals surface area contributed by atoms with Gasteiger partial charge in [0.1, 0.15) is 0 Å². The Morgan fingerprint density at radius 3 is 2.60 bits per heavy atom. The average Bonchev–Trinajstić information content (AvgIpc) is 2.97. The highest BCUT2D eigenvalue weighted by atomic mass is 32.1. The molecule has 0 spiro atoms. The zero-order valence-corrected chi connectivity index (χ0v) is 10.1. The van der Waals surface area contributed by atoms with Gasteiger partial charge in [0, 0.05) is 27.3 Å². The fourth-order valence-electron chi connectivity index (χ4n) is 1.60. The topological polar surface area (TPSA) is 55.6 Å². The Morgan fingerprint density at radius 2 is 2.20 bits per heavy atom. The lowest BCUT2D eigenvalue weighted by Gasteiger charge is -2.22. The Kier molecular flexibility index (Phi) is 4.04. The normalized spacial score (nSPS) is 17.2. The van der Waals surface area contributed by atoms with E-state index in [2.05, 4.69) is 0 Å². The van der Waals surface area contributed by atoms with Crippen LogP contribution >= 0.6 is 12.2 Å². The minimum atomic E-state index is -0.517. The summed E-state index contributed by atoms with van der Waals surface area (Å²) in [6, 6.07) is 0. The first-order chi connectivity index (χ1) is 7.04. The van der Waals surface area contributed by atoms with Crippen molar-refractivity contribution in [3.05, 3.63) is 0 Å². The van der Waals surface area contributed by atoms with Crippen LogP contribution in [0.15, 0.2) is 0 Å². The van der Waals surface area contributed by atoms with Crippen molar-refractivity contribution < 1.29 is 9.53 Å². The average molecular weight is 230 g/mol. The van der Waals surface area contributed by atoms with E-state index in [-0.39, 0.29) is 5.91 Å². The van der Waals surface area contributed by atoms with Crippen molar-refractivity contribution in [2.75, 3.05) is 27.3 Å². The molecule has 0 saturated heterocycles. The van der Waals surface area contributed by atoms with Gasteiger partial charge in [-0.3, -0.25) is 4.79 Å². The largest absolute Gasteiger partial charge is 0.392 e. The third-order valence-electron chi connectivity index (χ3n) is 2.82. The van der Waals surface area contributed by atoms with Gasteiger partial charge >= 0.3 is 0 Å². The maximum atomic E-state index is 12.0. The molecule has 1 aliphatic rings. The second-order valence-electron chi connectivity index (χ2n) is 4.02. The number of ether oxygens (including phenoxy) is 1. The Morgan fingerprint density at radius 1 is 1.60 bits per heavy atom. The van der Waals surface area contributed by atoms with Gasteiger partial charge in [-0.15, -0.1) is 0 Å². The molecule has 0 radical (unpaired) electrons. The smallest absolute Gasteiger partial charge is 0.235 e. The molecule has 86 valence electrons. The SMILES string of the molecule is COCCCN(C)C(=O)C1(C(N)=S)CC1. The molecule has 2 N–H and O–H groups in total. The molecule has 0 heterocycles. The summed E-state index contributed by atoms with van der Waals surface area (Å²) in [6.45, 7) is 1.36. The first-order valence-electron chi connectivity index (χ1n) is 5.09. The van der Waals surface area contributed by atoms with Gasteiger partial charge in [-0.2, -0.15) is 0 Å². The number of carbonyl (C=O) groups excluding carboxylic acids is 1. The third-order valence-corrected chi connectivity index (χ3v) is 3.21. The van der Waals surface area contributed by atoms with Crippen LogP contribution in [-0.4, -0.2) is 43.1 Å². The number of nitrogens with zero attached hydrogens (tertiary/aromatic N) is 1. The number of hydrogen-bond acceptors (Lipinski definition) is 3. The minimum absolute atomic E-state index is 0.0612. The molecule has 0 aliphatic heterocycles. The van der Waals surface area contributed by atoms with Crippen molar-refractivity contribution in [2.24, 2.45) is 11.1 Å². The van der Waals surface area contributed by atoms with E-state index in [1.807, 2.05) is 0 Å². The fourth-order valence-corrected chi connectivity index (χ4v) is 1.90. The standard InChI is InChI=1S/C10H18N2O2S/c1-12(6-3-7-14-2)9(13)10(4-5-10)8(11)15/h3-7H2,1-2H3,(H2,11,15). The molecule has 0 aromatic rings. The first kappa shape index (κ1) is 12.4. The predicted octanol–water partition coefficient (Wildman–Crippen LogP) is 0.548. The van der Waals surface area contributed by atoms with Gasteiger partial charge in [-0.05, 0) is 19.3 Å². The quantitative estimate of drug-likeness (QED) is 0.535. The highest BCUT2D eigenvalue weighted by molar-refractivity contribution is 7.80. The molecule has 0 atom stereocenters. The second-order valence-corrected chi connectivity index (χ2v) is 4.46. The number of amides is 1. The summed E-state index contributed by atoms with van der Waals surface area (Å²) in [5, 5.41) is 0. The lowest BCUT2D eigenvalue weighted by molar-refractivity contribution is -0.133. The van der Waals surface area contributed by atoms with E-state index < -0.39 is 5.41 Å². The first-order valence-corrected chi connectivity index (χ1v) is 5.50. The fraction of sp³-hybridized carbons (Fsp3) is 0.800. The summed E-state index contributed by atoms with van der Waals surface area (Å²) in [7, 11) is 3.44. The van der Waals surface area contributed by atoms with Crippen LogP contribution in [0.4, 0.5) is 0 Å². The highest BCUT2D eigenvalue weighted by Gasteiger charge is 2.53. The van der Waals surface area contributed by atoms with Crippen molar-refractivity contribution in [3.63, 3.8) is 0 Å². The van der Waals surface area contributed by atoms with Crippen LogP contribution in [0.1, 0.15) is 19.3 Å². The molecule has 15 heavy (non-hydrogen) atoms. The van der Waals surface area contributed by atoms with E-state index in [4.69, 9.17) is 22.7 Å². The Hall–Kier alpha value is -0.680. The maximum absolute atomic E-state index is 12.0. The van der Waals surface area contributed by atoms with Gasteiger partial charge in [0.25, 0.3) is 0 Å². The Balaban J connectivity index is 2.43. The number of hydrogen-bond donors (Lipinski definition) is 1. The van der Waals surface area contributed by atoms with Crippen LogP contribution in [0, 0.1) is 5.41 Å². The van der Waals surface area contributed by atoms with Crippen molar-refractivity contribution in [1.29, 1.82) is 0 Å². The highest BCUT2D eigenvalue weighted by Crippen LogP contribution is 2.47. The van der Waals surface area contributed by atoms with E-state index >= 15 is 0 Å². The van der Waals surface area contributed by atoms with Gasteiger partial charge in [0.05, 0.1) is 10.4 Å². The molecule has 1 fully saturated rings. The van der Waals surface area contributed by atoms with Crippen LogP contribution < -0.4 is 5.73 Å². The van der Waals surface area contributed by atoms with E-state index in [0.29, 0.717) is 18.1 Å². The van der Waals surface area contributed by atoms with Crippen molar-refractivity contribution in [2.45, 2.75) is 19.3 Å². The molecule has 4 nitrogen and oxygen atoms in total. The molecular weight excluding hydrogens is 212 g/mol. The molecule has 0 aromatic carbocycles. The van der Waals surface area contributed by atoms with Gasteiger partial charge in [0.2, 0.25) is 5.91 Å². The Bertz CT molecular complexity index is 264.